The summed E-state index contributed by atoms with van der Waals surface area (Å²) in [6.45, 7) is 4.22. The molecule has 0 saturated carbocycles. The van der Waals surface area contributed by atoms with Crippen LogP contribution in [0.25, 0.3) is 10.8 Å². The van der Waals surface area contributed by atoms with Crippen molar-refractivity contribution in [3.63, 3.8) is 0 Å². The van der Waals surface area contributed by atoms with Gasteiger partial charge in [-0.1, -0.05) is 18.2 Å². The molecule has 1 aliphatic rings. The van der Waals surface area contributed by atoms with Crippen molar-refractivity contribution in [3.05, 3.63) is 59.9 Å². The molecule has 2 heterocycles. The number of rotatable bonds is 3. The topological polar surface area (TPSA) is 47.5 Å². The molecule has 0 aliphatic carbocycles. The van der Waals surface area contributed by atoms with Crippen LogP contribution in [0.4, 0.5) is 5.95 Å². The van der Waals surface area contributed by atoms with E-state index in [9.17, 15) is 0 Å². The zero-order valence-electron chi connectivity index (χ0n) is 14.5. The van der Waals surface area contributed by atoms with Gasteiger partial charge in [-0.05, 0) is 47.5 Å². The van der Waals surface area contributed by atoms with Gasteiger partial charge >= 0.3 is 0 Å². The summed E-state index contributed by atoms with van der Waals surface area (Å²) in [6, 6.07) is 14.5. The van der Waals surface area contributed by atoms with E-state index in [1.165, 1.54) is 10.9 Å². The second-order valence-corrected chi connectivity index (χ2v) is 6.28. The van der Waals surface area contributed by atoms with E-state index in [-0.39, 0.29) is 6.10 Å². The summed E-state index contributed by atoms with van der Waals surface area (Å²) >= 11 is 0. The van der Waals surface area contributed by atoms with E-state index in [0.717, 1.165) is 35.9 Å². The zero-order chi connectivity index (χ0) is 17.2. The Hall–Kier alpha value is -2.66. The van der Waals surface area contributed by atoms with Gasteiger partial charge in [0, 0.05) is 18.4 Å². The third kappa shape index (κ3) is 3.28. The number of benzene rings is 2. The lowest BCUT2D eigenvalue weighted by molar-refractivity contribution is 0.0393. The van der Waals surface area contributed by atoms with Gasteiger partial charge in [0.05, 0.1) is 20.3 Å². The number of hydrogen-bond donors (Lipinski definition) is 0. The number of anilines is 1. The van der Waals surface area contributed by atoms with Gasteiger partial charge in [-0.3, -0.25) is 0 Å². The normalized spacial score (nSPS) is 17.7. The third-order valence-corrected chi connectivity index (χ3v) is 4.57. The number of ether oxygens (including phenoxy) is 2. The fourth-order valence-corrected chi connectivity index (χ4v) is 3.19. The number of hydrogen-bond acceptors (Lipinski definition) is 5. The number of nitrogens with zero attached hydrogens (tertiary/aromatic N) is 3. The molecule has 2 aromatic carbocycles. The van der Waals surface area contributed by atoms with E-state index in [1.54, 1.807) is 7.11 Å². The summed E-state index contributed by atoms with van der Waals surface area (Å²) in [5, 5.41) is 2.35. The van der Waals surface area contributed by atoms with Gasteiger partial charge in [0.25, 0.3) is 0 Å². The average molecular weight is 335 g/mol. The predicted octanol–water partition coefficient (Wildman–Crippen LogP) is 3.52. The Kier molecular flexibility index (Phi) is 4.24. The lowest BCUT2D eigenvalue weighted by Crippen LogP contribution is -2.39. The summed E-state index contributed by atoms with van der Waals surface area (Å²) in [4.78, 5) is 11.1. The monoisotopic (exact) mass is 335 g/mol. The second-order valence-electron chi connectivity index (χ2n) is 6.28. The van der Waals surface area contributed by atoms with Crippen molar-refractivity contribution < 1.29 is 9.47 Å². The first-order valence-corrected chi connectivity index (χ1v) is 8.47. The Bertz CT molecular complexity index is 897. The van der Waals surface area contributed by atoms with Crippen molar-refractivity contribution in [1.82, 2.24) is 9.97 Å². The smallest absolute Gasteiger partial charge is 0.225 e. The molecule has 5 nitrogen and oxygen atoms in total. The SMILES string of the molecule is COc1ccc2cc([C@H]3CN(c4nccc(C)n4)CCO3)ccc2c1. The van der Waals surface area contributed by atoms with Crippen LogP contribution in [0, 0.1) is 6.92 Å². The molecular weight excluding hydrogens is 314 g/mol. The zero-order valence-corrected chi connectivity index (χ0v) is 14.5. The minimum Gasteiger partial charge on any atom is -0.497 e. The molecule has 0 N–H and O–H groups in total. The fraction of sp³-hybridized carbons (Fsp3) is 0.300. The van der Waals surface area contributed by atoms with Crippen LogP contribution in [0.3, 0.4) is 0 Å². The molecule has 1 aromatic heterocycles. The molecule has 1 atom stereocenters. The van der Waals surface area contributed by atoms with Crippen molar-refractivity contribution in [3.8, 4) is 5.75 Å². The molecule has 0 spiro atoms. The van der Waals surface area contributed by atoms with Crippen molar-refractivity contribution in [1.29, 1.82) is 0 Å². The molecule has 5 heteroatoms. The molecule has 1 saturated heterocycles. The van der Waals surface area contributed by atoms with Crippen LogP contribution < -0.4 is 9.64 Å². The summed E-state index contributed by atoms with van der Waals surface area (Å²) in [6.07, 6.45) is 1.83. The molecule has 1 aliphatic heterocycles. The number of morpholine rings is 1. The summed E-state index contributed by atoms with van der Waals surface area (Å²) in [5.74, 6) is 1.65. The molecule has 128 valence electrons. The predicted molar refractivity (Wildman–Crippen MR) is 98.2 cm³/mol. The number of fused-ring (bicyclic) bond motifs is 1. The molecule has 0 amide bonds. The van der Waals surface area contributed by atoms with Crippen LogP contribution in [0.2, 0.25) is 0 Å². The van der Waals surface area contributed by atoms with E-state index < -0.39 is 0 Å². The molecule has 3 aromatic rings. The average Bonchev–Trinajstić information content (AvgIpc) is 2.67. The van der Waals surface area contributed by atoms with Gasteiger partial charge in [-0.25, -0.2) is 9.97 Å². The van der Waals surface area contributed by atoms with E-state index >= 15 is 0 Å². The molecule has 0 radical (unpaired) electrons. The molecule has 25 heavy (non-hydrogen) atoms. The van der Waals surface area contributed by atoms with E-state index in [2.05, 4.69) is 39.1 Å². The number of aryl methyl sites for hydroxylation is 1. The Morgan fingerprint density at radius 3 is 2.80 bits per heavy atom. The molecule has 0 bridgehead atoms. The third-order valence-electron chi connectivity index (χ3n) is 4.57. The Morgan fingerprint density at radius 2 is 1.96 bits per heavy atom. The van der Waals surface area contributed by atoms with Crippen LogP contribution in [0.15, 0.2) is 48.7 Å². The molecular formula is C20H21N3O2. The van der Waals surface area contributed by atoms with Crippen LogP contribution in [-0.4, -0.2) is 36.8 Å². The lowest BCUT2D eigenvalue weighted by atomic mass is 10.0. The standard InChI is InChI=1S/C20H21N3O2/c1-14-7-8-21-20(22-14)23-9-10-25-19(13-23)17-4-3-16-12-18(24-2)6-5-15(16)11-17/h3-8,11-12,19H,9-10,13H2,1-2H3/t19-/m1/s1. The van der Waals surface area contributed by atoms with Gasteiger partial charge in [-0.15, -0.1) is 0 Å². The highest BCUT2D eigenvalue weighted by molar-refractivity contribution is 5.84. The Morgan fingerprint density at radius 1 is 1.12 bits per heavy atom. The highest BCUT2D eigenvalue weighted by Crippen LogP contribution is 2.28. The summed E-state index contributed by atoms with van der Waals surface area (Å²) in [7, 11) is 1.69. The van der Waals surface area contributed by atoms with Crippen molar-refractivity contribution in [2.24, 2.45) is 0 Å². The van der Waals surface area contributed by atoms with Gasteiger partial charge < -0.3 is 14.4 Å². The molecule has 0 unspecified atom stereocenters. The van der Waals surface area contributed by atoms with Gasteiger partial charge in [0.2, 0.25) is 5.95 Å². The largest absolute Gasteiger partial charge is 0.497 e. The molecule has 4 rings (SSSR count). The highest BCUT2D eigenvalue weighted by Gasteiger charge is 2.24. The summed E-state index contributed by atoms with van der Waals surface area (Å²) < 4.78 is 11.3. The number of methoxy groups -OCH3 is 1. The van der Waals surface area contributed by atoms with Crippen LogP contribution >= 0.6 is 0 Å². The lowest BCUT2D eigenvalue weighted by Gasteiger charge is -2.33. The van der Waals surface area contributed by atoms with Crippen molar-refractivity contribution in [2.75, 3.05) is 31.7 Å². The Labute approximate surface area is 147 Å². The second kappa shape index (κ2) is 6.69. The minimum absolute atomic E-state index is 0.0179. The Balaban J connectivity index is 1.59. The van der Waals surface area contributed by atoms with Crippen molar-refractivity contribution >= 4 is 16.7 Å². The maximum atomic E-state index is 6.02. The van der Waals surface area contributed by atoms with E-state index in [4.69, 9.17) is 9.47 Å². The highest BCUT2D eigenvalue weighted by atomic mass is 16.5. The quantitative estimate of drug-likeness (QED) is 0.733. The van der Waals surface area contributed by atoms with E-state index in [0.29, 0.717) is 6.61 Å². The minimum atomic E-state index is 0.0179. The van der Waals surface area contributed by atoms with Crippen LogP contribution in [-0.2, 0) is 4.74 Å². The van der Waals surface area contributed by atoms with E-state index in [1.807, 2.05) is 31.3 Å². The number of aromatic nitrogens is 2. The first-order chi connectivity index (χ1) is 12.2. The maximum absolute atomic E-state index is 6.02. The first-order valence-electron chi connectivity index (χ1n) is 8.47. The fourth-order valence-electron chi connectivity index (χ4n) is 3.19. The van der Waals surface area contributed by atoms with Gasteiger partial charge in [-0.2, -0.15) is 0 Å². The molecule has 1 fully saturated rings. The van der Waals surface area contributed by atoms with Crippen LogP contribution in [0.5, 0.6) is 5.75 Å². The summed E-state index contributed by atoms with van der Waals surface area (Å²) in [5.41, 5.74) is 2.16. The first kappa shape index (κ1) is 15.8. The van der Waals surface area contributed by atoms with Gasteiger partial charge in [0.15, 0.2) is 0 Å². The van der Waals surface area contributed by atoms with Crippen molar-refractivity contribution in [2.45, 2.75) is 13.0 Å². The van der Waals surface area contributed by atoms with Crippen LogP contribution in [0.1, 0.15) is 17.4 Å². The maximum Gasteiger partial charge on any atom is 0.225 e. The van der Waals surface area contributed by atoms with Gasteiger partial charge in [0.1, 0.15) is 11.9 Å².